The largest absolute Gasteiger partial charge is 0.481 e. The maximum atomic E-state index is 13.2. The van der Waals surface area contributed by atoms with Crippen molar-refractivity contribution in [1.82, 2.24) is 15.0 Å². The van der Waals surface area contributed by atoms with Crippen molar-refractivity contribution >= 4 is 40.3 Å². The second-order valence-electron chi connectivity index (χ2n) is 7.18. The SMILES string of the molecule is COc1ccc(-c2ccc(C(=O)O)cc2C(C)=O)c(C(=O)Nc2ccc3nc(N)[nH]c3c2)n1. The molecule has 5 N–H and O–H groups in total. The summed E-state index contributed by atoms with van der Waals surface area (Å²) in [7, 11) is 1.42. The van der Waals surface area contributed by atoms with Crippen LogP contribution in [0.2, 0.25) is 0 Å². The second-order valence-corrected chi connectivity index (χ2v) is 7.18. The van der Waals surface area contributed by atoms with E-state index in [0.29, 0.717) is 27.8 Å². The third kappa shape index (κ3) is 4.22. The summed E-state index contributed by atoms with van der Waals surface area (Å²) < 4.78 is 5.17. The van der Waals surface area contributed by atoms with Gasteiger partial charge in [-0.25, -0.2) is 14.8 Å². The van der Waals surface area contributed by atoms with E-state index in [2.05, 4.69) is 20.3 Å². The molecule has 10 nitrogen and oxygen atoms in total. The van der Waals surface area contributed by atoms with E-state index in [1.54, 1.807) is 30.3 Å². The minimum Gasteiger partial charge on any atom is -0.481 e. The molecule has 166 valence electrons. The van der Waals surface area contributed by atoms with Crippen LogP contribution in [0.15, 0.2) is 48.5 Å². The Labute approximate surface area is 187 Å². The van der Waals surface area contributed by atoms with Gasteiger partial charge < -0.3 is 25.9 Å². The molecule has 0 spiro atoms. The molecule has 0 saturated heterocycles. The number of carbonyl (C=O) groups excluding carboxylic acids is 2. The Hall–Kier alpha value is -4.73. The highest BCUT2D eigenvalue weighted by atomic mass is 16.5. The van der Waals surface area contributed by atoms with Crippen LogP contribution < -0.4 is 15.8 Å². The highest BCUT2D eigenvalue weighted by molar-refractivity contribution is 6.10. The third-order valence-electron chi connectivity index (χ3n) is 4.99. The Morgan fingerprint density at radius 3 is 2.48 bits per heavy atom. The molecule has 0 saturated carbocycles. The van der Waals surface area contributed by atoms with Gasteiger partial charge in [-0.05, 0) is 48.9 Å². The van der Waals surface area contributed by atoms with Crippen molar-refractivity contribution in [1.29, 1.82) is 0 Å². The number of pyridine rings is 1. The Balaban J connectivity index is 1.79. The molecule has 2 heterocycles. The lowest BCUT2D eigenvalue weighted by atomic mass is 9.94. The predicted molar refractivity (Wildman–Crippen MR) is 122 cm³/mol. The van der Waals surface area contributed by atoms with Gasteiger partial charge in [-0.15, -0.1) is 0 Å². The summed E-state index contributed by atoms with van der Waals surface area (Å²) in [6.07, 6.45) is 0. The summed E-state index contributed by atoms with van der Waals surface area (Å²) in [6.45, 7) is 1.33. The number of imidazole rings is 1. The number of nitrogens with zero attached hydrogens (tertiary/aromatic N) is 2. The molecule has 4 aromatic rings. The number of ketones is 1. The Bertz CT molecular complexity index is 1430. The summed E-state index contributed by atoms with van der Waals surface area (Å²) in [5.74, 6) is -1.60. The van der Waals surface area contributed by atoms with Crippen molar-refractivity contribution in [3.63, 3.8) is 0 Å². The van der Waals surface area contributed by atoms with Crippen LogP contribution in [-0.4, -0.2) is 44.8 Å². The number of carboxylic acid groups (broad SMARTS) is 1. The van der Waals surface area contributed by atoms with Gasteiger partial charge in [-0.2, -0.15) is 0 Å². The quantitative estimate of drug-likeness (QED) is 0.329. The fourth-order valence-electron chi connectivity index (χ4n) is 3.45. The van der Waals surface area contributed by atoms with Crippen LogP contribution >= 0.6 is 0 Å². The van der Waals surface area contributed by atoms with Gasteiger partial charge in [0.1, 0.15) is 5.69 Å². The highest BCUT2D eigenvalue weighted by Crippen LogP contribution is 2.30. The number of aromatic carboxylic acids is 1. The van der Waals surface area contributed by atoms with Gasteiger partial charge in [0, 0.05) is 22.9 Å². The van der Waals surface area contributed by atoms with Crippen LogP contribution in [0.5, 0.6) is 5.88 Å². The van der Waals surface area contributed by atoms with Crippen LogP contribution in [0.3, 0.4) is 0 Å². The lowest BCUT2D eigenvalue weighted by Gasteiger charge is -2.14. The zero-order valence-electron chi connectivity index (χ0n) is 17.7. The molecule has 0 aliphatic carbocycles. The van der Waals surface area contributed by atoms with Crippen molar-refractivity contribution in [3.8, 4) is 17.0 Å². The number of amides is 1. The number of aromatic amines is 1. The van der Waals surface area contributed by atoms with Gasteiger partial charge in [0.15, 0.2) is 11.7 Å². The average molecular weight is 445 g/mol. The molecule has 2 aromatic heterocycles. The number of Topliss-reactive ketones (excluding diaryl/α,β-unsaturated/α-hetero) is 1. The molecule has 33 heavy (non-hydrogen) atoms. The molecule has 4 rings (SSSR count). The Morgan fingerprint density at radius 2 is 1.79 bits per heavy atom. The normalized spacial score (nSPS) is 10.7. The fourth-order valence-corrected chi connectivity index (χ4v) is 3.45. The van der Waals surface area contributed by atoms with Crippen LogP contribution in [0.25, 0.3) is 22.2 Å². The van der Waals surface area contributed by atoms with Gasteiger partial charge in [0.25, 0.3) is 5.91 Å². The summed E-state index contributed by atoms with van der Waals surface area (Å²) in [4.78, 5) is 48.2. The number of nitrogens with two attached hydrogens (primary N) is 1. The minimum atomic E-state index is -1.16. The number of aromatic nitrogens is 3. The first-order valence-electron chi connectivity index (χ1n) is 9.77. The molecule has 0 fully saturated rings. The van der Waals surface area contributed by atoms with Crippen LogP contribution in [-0.2, 0) is 0 Å². The summed E-state index contributed by atoms with van der Waals surface area (Å²) in [5, 5.41) is 12.1. The third-order valence-corrected chi connectivity index (χ3v) is 4.99. The summed E-state index contributed by atoms with van der Waals surface area (Å²) in [6, 6.07) is 12.3. The van der Waals surface area contributed by atoms with E-state index in [1.165, 1.54) is 32.2 Å². The number of benzene rings is 2. The lowest BCUT2D eigenvalue weighted by molar-refractivity contribution is 0.0696. The standard InChI is InChI=1S/C23H19N5O5/c1-11(29)16-9-12(22(31)32)3-5-14(16)15-6-8-19(33-2)28-20(15)21(30)25-13-4-7-17-18(10-13)27-23(24)26-17/h3-10H,1-2H3,(H,25,30)(H,31,32)(H3,24,26,27). The van der Waals surface area contributed by atoms with E-state index in [-0.39, 0.29) is 34.4 Å². The second kappa shape index (κ2) is 8.42. The zero-order valence-corrected chi connectivity index (χ0v) is 17.7. The van der Waals surface area contributed by atoms with Crippen LogP contribution in [0.1, 0.15) is 38.1 Å². The summed E-state index contributed by atoms with van der Waals surface area (Å²) >= 11 is 0. The number of ether oxygens (including phenoxy) is 1. The number of H-pyrrole nitrogens is 1. The highest BCUT2D eigenvalue weighted by Gasteiger charge is 2.21. The van der Waals surface area contributed by atoms with Gasteiger partial charge in [-0.1, -0.05) is 6.07 Å². The zero-order chi connectivity index (χ0) is 23.7. The number of anilines is 2. The first-order valence-corrected chi connectivity index (χ1v) is 9.77. The van der Waals surface area contributed by atoms with E-state index in [0.717, 1.165) is 0 Å². The van der Waals surface area contributed by atoms with Crippen molar-refractivity contribution in [2.75, 3.05) is 18.2 Å². The maximum absolute atomic E-state index is 13.2. The Kier molecular flexibility index (Phi) is 5.49. The molecule has 0 aliphatic heterocycles. The predicted octanol–water partition coefficient (Wildman–Crippen LogP) is 3.37. The lowest BCUT2D eigenvalue weighted by Crippen LogP contribution is -2.16. The minimum absolute atomic E-state index is 0.00384. The van der Waals surface area contributed by atoms with Gasteiger partial charge >= 0.3 is 5.97 Å². The van der Waals surface area contributed by atoms with E-state index in [1.807, 2.05) is 0 Å². The molecule has 1 amide bonds. The molecular weight excluding hydrogens is 426 g/mol. The number of carboxylic acids is 1. The Morgan fingerprint density at radius 1 is 1.03 bits per heavy atom. The van der Waals surface area contributed by atoms with Crippen molar-refractivity contribution in [3.05, 3.63) is 65.4 Å². The first kappa shape index (κ1) is 21.5. The maximum Gasteiger partial charge on any atom is 0.335 e. The smallest absolute Gasteiger partial charge is 0.335 e. The number of nitrogen functional groups attached to an aromatic ring is 1. The van der Waals surface area contributed by atoms with E-state index < -0.39 is 11.9 Å². The van der Waals surface area contributed by atoms with E-state index >= 15 is 0 Å². The molecule has 0 atom stereocenters. The number of hydrogen-bond acceptors (Lipinski definition) is 7. The van der Waals surface area contributed by atoms with Gasteiger partial charge in [0.05, 0.1) is 23.7 Å². The van der Waals surface area contributed by atoms with Gasteiger partial charge in [-0.3, -0.25) is 9.59 Å². The molecule has 0 aliphatic rings. The summed E-state index contributed by atoms with van der Waals surface area (Å²) in [5.41, 5.74) is 8.29. The number of carbonyl (C=O) groups is 3. The number of rotatable bonds is 6. The monoisotopic (exact) mass is 445 g/mol. The molecule has 0 bridgehead atoms. The number of nitrogens with one attached hydrogen (secondary N) is 2. The van der Waals surface area contributed by atoms with Crippen LogP contribution in [0.4, 0.5) is 11.6 Å². The van der Waals surface area contributed by atoms with Crippen molar-refractivity contribution < 1.29 is 24.2 Å². The van der Waals surface area contributed by atoms with Gasteiger partial charge in [0.2, 0.25) is 5.88 Å². The van der Waals surface area contributed by atoms with Crippen molar-refractivity contribution in [2.24, 2.45) is 0 Å². The molecule has 10 heteroatoms. The topological polar surface area (TPSA) is 160 Å². The fraction of sp³-hybridized carbons (Fsp3) is 0.0870. The van der Waals surface area contributed by atoms with Crippen molar-refractivity contribution in [2.45, 2.75) is 6.92 Å². The van der Waals surface area contributed by atoms with Crippen LogP contribution in [0, 0.1) is 0 Å². The molecule has 0 radical (unpaired) electrons. The van der Waals surface area contributed by atoms with E-state index in [9.17, 15) is 19.5 Å². The van der Waals surface area contributed by atoms with E-state index in [4.69, 9.17) is 10.5 Å². The first-order chi connectivity index (χ1) is 15.8. The molecular formula is C23H19N5O5. The average Bonchev–Trinajstić information content (AvgIpc) is 3.17. The number of fused-ring (bicyclic) bond motifs is 1. The molecule has 0 unspecified atom stereocenters. The number of methoxy groups -OCH3 is 1. The molecule has 2 aromatic carbocycles. The number of hydrogen-bond donors (Lipinski definition) is 4.